The normalized spacial score (nSPS) is 11.8. The Morgan fingerprint density at radius 1 is 1.22 bits per heavy atom. The van der Waals surface area contributed by atoms with Crippen molar-refractivity contribution in [1.29, 1.82) is 0 Å². The van der Waals surface area contributed by atoms with E-state index in [4.69, 9.17) is 0 Å². The second-order valence-corrected chi connectivity index (χ2v) is 3.95. The number of para-hydroxylation sites is 1. The predicted octanol–water partition coefficient (Wildman–Crippen LogP) is 2.71. The average Bonchev–Trinajstić information content (AvgIpc) is 2.68. The standard InChI is InChI=1S/C12H13F2N3O/c1-9-11(8-18-12(2,13)14)16-17(15-9)10-6-4-3-5-7-10/h3-7H,8H2,1-2H3. The summed E-state index contributed by atoms with van der Waals surface area (Å²) in [5, 5.41) is 8.29. The molecule has 0 saturated heterocycles. The smallest absolute Gasteiger partial charge is 0.314 e. The number of hydrogen-bond acceptors (Lipinski definition) is 3. The molecule has 0 fully saturated rings. The summed E-state index contributed by atoms with van der Waals surface area (Å²) < 4.78 is 29.6. The molecule has 0 radical (unpaired) electrons. The highest BCUT2D eigenvalue weighted by atomic mass is 19.3. The van der Waals surface area contributed by atoms with Gasteiger partial charge in [0.2, 0.25) is 0 Å². The van der Waals surface area contributed by atoms with E-state index in [9.17, 15) is 8.78 Å². The average molecular weight is 253 g/mol. The van der Waals surface area contributed by atoms with E-state index < -0.39 is 6.11 Å². The summed E-state index contributed by atoms with van der Waals surface area (Å²) in [7, 11) is 0. The molecule has 1 heterocycles. The Bertz CT molecular complexity index is 520. The minimum Gasteiger partial charge on any atom is -0.314 e. The summed E-state index contributed by atoms with van der Waals surface area (Å²) in [5.41, 5.74) is 1.75. The molecule has 0 unspecified atom stereocenters. The maximum atomic E-state index is 12.6. The van der Waals surface area contributed by atoms with Crippen LogP contribution in [0.4, 0.5) is 8.78 Å². The lowest BCUT2D eigenvalue weighted by Crippen LogP contribution is -2.15. The van der Waals surface area contributed by atoms with Crippen LogP contribution in [0.5, 0.6) is 0 Å². The van der Waals surface area contributed by atoms with E-state index in [0.29, 0.717) is 18.3 Å². The fourth-order valence-corrected chi connectivity index (χ4v) is 1.41. The summed E-state index contributed by atoms with van der Waals surface area (Å²) in [6.07, 6.45) is -3.16. The van der Waals surface area contributed by atoms with E-state index in [1.807, 2.05) is 30.3 Å². The fraction of sp³-hybridized carbons (Fsp3) is 0.333. The van der Waals surface area contributed by atoms with Gasteiger partial charge in [-0.3, -0.25) is 0 Å². The Hall–Kier alpha value is -1.82. The maximum absolute atomic E-state index is 12.6. The number of nitrogens with zero attached hydrogens (tertiary/aromatic N) is 3. The van der Waals surface area contributed by atoms with Crippen LogP contribution >= 0.6 is 0 Å². The second kappa shape index (κ2) is 4.81. The van der Waals surface area contributed by atoms with Crippen molar-refractivity contribution in [2.24, 2.45) is 0 Å². The summed E-state index contributed by atoms with van der Waals surface area (Å²) in [5.74, 6) is 0. The molecule has 0 N–H and O–H groups in total. The first kappa shape index (κ1) is 12.6. The third kappa shape index (κ3) is 3.10. The molecule has 1 aromatic carbocycles. The van der Waals surface area contributed by atoms with E-state index >= 15 is 0 Å². The van der Waals surface area contributed by atoms with E-state index in [1.165, 1.54) is 4.80 Å². The molecule has 0 bridgehead atoms. The summed E-state index contributed by atoms with van der Waals surface area (Å²) in [6.45, 7) is 2.14. The van der Waals surface area contributed by atoms with Crippen LogP contribution in [0.3, 0.4) is 0 Å². The third-order valence-corrected chi connectivity index (χ3v) is 2.33. The number of aromatic nitrogens is 3. The van der Waals surface area contributed by atoms with Gasteiger partial charge < -0.3 is 4.74 Å². The van der Waals surface area contributed by atoms with Crippen molar-refractivity contribution in [2.45, 2.75) is 26.6 Å². The molecule has 2 rings (SSSR count). The molecule has 0 spiro atoms. The summed E-state index contributed by atoms with van der Waals surface area (Å²) >= 11 is 0. The van der Waals surface area contributed by atoms with Crippen molar-refractivity contribution in [2.75, 3.05) is 0 Å². The Morgan fingerprint density at radius 2 is 1.89 bits per heavy atom. The van der Waals surface area contributed by atoms with Crippen LogP contribution in [-0.4, -0.2) is 21.1 Å². The molecule has 0 aliphatic heterocycles. The van der Waals surface area contributed by atoms with Gasteiger partial charge >= 0.3 is 6.11 Å². The Balaban J connectivity index is 2.17. The van der Waals surface area contributed by atoms with Gasteiger partial charge in [0.1, 0.15) is 5.69 Å². The topological polar surface area (TPSA) is 39.9 Å². The molecule has 0 aliphatic carbocycles. The number of benzene rings is 1. The predicted molar refractivity (Wildman–Crippen MR) is 61.5 cm³/mol. The molecular weight excluding hydrogens is 240 g/mol. The van der Waals surface area contributed by atoms with Crippen LogP contribution in [-0.2, 0) is 11.3 Å². The number of ether oxygens (including phenoxy) is 1. The summed E-state index contributed by atoms with van der Waals surface area (Å²) in [4.78, 5) is 1.40. The Labute approximate surface area is 103 Å². The molecule has 0 amide bonds. The quantitative estimate of drug-likeness (QED) is 0.841. The first-order chi connectivity index (χ1) is 8.46. The summed E-state index contributed by atoms with van der Waals surface area (Å²) in [6, 6.07) is 9.24. The molecule has 6 heteroatoms. The molecule has 18 heavy (non-hydrogen) atoms. The van der Waals surface area contributed by atoms with Gasteiger partial charge in [-0.05, 0) is 19.1 Å². The largest absolute Gasteiger partial charge is 0.353 e. The van der Waals surface area contributed by atoms with Crippen LogP contribution in [0.2, 0.25) is 0 Å². The van der Waals surface area contributed by atoms with Gasteiger partial charge in [-0.25, -0.2) is 0 Å². The van der Waals surface area contributed by atoms with Crippen molar-refractivity contribution in [3.05, 3.63) is 41.7 Å². The fourth-order valence-electron chi connectivity index (χ4n) is 1.41. The van der Waals surface area contributed by atoms with Crippen molar-refractivity contribution in [1.82, 2.24) is 15.0 Å². The molecule has 1 aromatic heterocycles. The number of hydrogen-bond donors (Lipinski definition) is 0. The van der Waals surface area contributed by atoms with Gasteiger partial charge in [0.05, 0.1) is 18.0 Å². The monoisotopic (exact) mass is 253 g/mol. The van der Waals surface area contributed by atoms with Gasteiger partial charge in [0, 0.05) is 6.92 Å². The van der Waals surface area contributed by atoms with Crippen molar-refractivity contribution >= 4 is 0 Å². The zero-order valence-corrected chi connectivity index (χ0v) is 10.1. The molecule has 4 nitrogen and oxygen atoms in total. The van der Waals surface area contributed by atoms with Crippen molar-refractivity contribution < 1.29 is 13.5 Å². The number of alkyl halides is 2. The molecule has 96 valence electrons. The lowest BCUT2D eigenvalue weighted by Gasteiger charge is -2.09. The van der Waals surface area contributed by atoms with Gasteiger partial charge in [-0.1, -0.05) is 18.2 Å². The van der Waals surface area contributed by atoms with E-state index in [0.717, 1.165) is 5.69 Å². The van der Waals surface area contributed by atoms with E-state index in [-0.39, 0.29) is 6.61 Å². The number of rotatable bonds is 4. The Morgan fingerprint density at radius 3 is 2.50 bits per heavy atom. The van der Waals surface area contributed by atoms with Crippen LogP contribution in [0.1, 0.15) is 18.3 Å². The molecule has 0 saturated carbocycles. The van der Waals surface area contributed by atoms with E-state index in [2.05, 4.69) is 14.9 Å². The maximum Gasteiger partial charge on any atom is 0.353 e. The SMILES string of the molecule is Cc1nn(-c2ccccc2)nc1COC(C)(F)F. The van der Waals surface area contributed by atoms with Crippen molar-refractivity contribution in [3.63, 3.8) is 0 Å². The highest BCUT2D eigenvalue weighted by Crippen LogP contribution is 2.17. The van der Waals surface area contributed by atoms with Gasteiger partial charge in [0.15, 0.2) is 0 Å². The lowest BCUT2D eigenvalue weighted by molar-refractivity contribution is -0.231. The molecule has 2 aromatic rings. The highest BCUT2D eigenvalue weighted by Gasteiger charge is 2.23. The highest BCUT2D eigenvalue weighted by molar-refractivity contribution is 5.29. The first-order valence-electron chi connectivity index (χ1n) is 5.46. The number of aryl methyl sites for hydroxylation is 1. The van der Waals surface area contributed by atoms with Gasteiger partial charge in [0.25, 0.3) is 0 Å². The third-order valence-electron chi connectivity index (χ3n) is 2.33. The van der Waals surface area contributed by atoms with Crippen LogP contribution in [0.25, 0.3) is 5.69 Å². The second-order valence-electron chi connectivity index (χ2n) is 3.95. The minimum absolute atomic E-state index is 0.262. The van der Waals surface area contributed by atoms with Crippen LogP contribution in [0, 0.1) is 6.92 Å². The first-order valence-corrected chi connectivity index (χ1v) is 5.46. The van der Waals surface area contributed by atoms with Crippen LogP contribution in [0.15, 0.2) is 30.3 Å². The molecule has 0 aliphatic rings. The Kier molecular flexibility index (Phi) is 3.38. The van der Waals surface area contributed by atoms with Gasteiger partial charge in [-0.2, -0.15) is 23.8 Å². The van der Waals surface area contributed by atoms with Crippen LogP contribution < -0.4 is 0 Å². The zero-order chi connectivity index (χ0) is 13.2. The number of halogens is 2. The zero-order valence-electron chi connectivity index (χ0n) is 10.1. The van der Waals surface area contributed by atoms with Crippen molar-refractivity contribution in [3.8, 4) is 5.69 Å². The molecule has 0 atom stereocenters. The van der Waals surface area contributed by atoms with Gasteiger partial charge in [-0.15, -0.1) is 0 Å². The van der Waals surface area contributed by atoms with E-state index in [1.54, 1.807) is 6.92 Å². The lowest BCUT2D eigenvalue weighted by atomic mass is 10.3. The minimum atomic E-state index is -3.16. The molecular formula is C12H13F2N3O.